The number of hydrogen-bond donors (Lipinski definition) is 1. The van der Waals surface area contributed by atoms with E-state index in [0.717, 1.165) is 6.42 Å². The minimum absolute atomic E-state index is 0.0854. The summed E-state index contributed by atoms with van der Waals surface area (Å²) >= 11 is 0. The van der Waals surface area contributed by atoms with Crippen molar-refractivity contribution in [1.29, 1.82) is 10.7 Å². The molecule has 0 saturated heterocycles. The highest BCUT2D eigenvalue weighted by atomic mass is 16.5. The molecule has 0 radical (unpaired) electrons. The van der Waals surface area contributed by atoms with Gasteiger partial charge in [-0.3, -0.25) is 14.4 Å². The van der Waals surface area contributed by atoms with Crippen LogP contribution in [0.3, 0.4) is 0 Å². The lowest BCUT2D eigenvalue weighted by Crippen LogP contribution is -2.25. The van der Waals surface area contributed by atoms with Crippen molar-refractivity contribution in [2.75, 3.05) is 19.8 Å². The molecule has 0 aromatic heterocycles. The van der Waals surface area contributed by atoms with E-state index in [-0.39, 0.29) is 24.3 Å². The largest absolute Gasteiger partial charge is 0.490 e. The fraction of sp³-hybridized carbons (Fsp3) is 0.421. The quantitative estimate of drug-likeness (QED) is 0.420. The fourth-order valence-electron chi connectivity index (χ4n) is 2.41. The summed E-state index contributed by atoms with van der Waals surface area (Å²) in [4.78, 5) is 35.7. The minimum Gasteiger partial charge on any atom is -0.490 e. The van der Waals surface area contributed by atoms with Crippen molar-refractivity contribution in [3.63, 3.8) is 0 Å². The average molecular weight is 372 g/mol. The fourth-order valence-corrected chi connectivity index (χ4v) is 2.41. The number of nitriles is 1. The van der Waals surface area contributed by atoms with E-state index in [1.54, 1.807) is 24.3 Å². The number of Topliss-reactive ketones (excluding diaryl/α,β-unsaturated/α-hetero) is 2. The number of nitrogens with one attached hydrogen (secondary N) is 1. The molecule has 142 valence electrons. The summed E-state index contributed by atoms with van der Waals surface area (Å²) in [7, 11) is 0. The van der Waals surface area contributed by atoms with Crippen LogP contribution in [0.2, 0.25) is 0 Å². The smallest absolute Gasteiger partial charge is 0.306 e. The van der Waals surface area contributed by atoms with Crippen molar-refractivity contribution in [2.24, 2.45) is 5.92 Å². The maximum Gasteiger partial charge on any atom is 0.306 e. The van der Waals surface area contributed by atoms with Crippen LogP contribution >= 0.6 is 0 Å². The Labute approximate surface area is 156 Å². The van der Waals surface area contributed by atoms with Crippen LogP contribution in [0.4, 0.5) is 0 Å². The Balaban J connectivity index is 1.84. The van der Waals surface area contributed by atoms with Crippen LogP contribution < -0.4 is 9.47 Å². The monoisotopic (exact) mass is 372 g/mol. The number of ketones is 2. The summed E-state index contributed by atoms with van der Waals surface area (Å²) in [6.07, 6.45) is 0.478. The van der Waals surface area contributed by atoms with Crippen molar-refractivity contribution >= 4 is 23.2 Å². The van der Waals surface area contributed by atoms with Gasteiger partial charge >= 0.3 is 5.97 Å². The molecule has 1 heterocycles. The van der Waals surface area contributed by atoms with E-state index in [1.807, 2.05) is 0 Å². The molecule has 0 saturated carbocycles. The van der Waals surface area contributed by atoms with Gasteiger partial charge in [0, 0.05) is 24.1 Å². The molecule has 0 fully saturated rings. The lowest BCUT2D eigenvalue weighted by atomic mass is 10.0. The molecule has 27 heavy (non-hydrogen) atoms. The van der Waals surface area contributed by atoms with E-state index in [9.17, 15) is 14.4 Å². The van der Waals surface area contributed by atoms with Gasteiger partial charge in [-0.05, 0) is 25.1 Å². The number of nitrogens with zero attached hydrogens (tertiary/aromatic N) is 1. The standard InChI is InChI=1S/C19H20N2O6/c1-12(21)14(10-20)16(23)11-27-19(24)6-4-15(22)13-3-5-17-18(9-13)26-8-2-7-25-17/h3,5,9,14,21H,2,4,6-8,11H2,1H3. The molecule has 2 rings (SSSR count). The first kappa shape index (κ1) is 20.1. The maximum absolute atomic E-state index is 12.3. The van der Waals surface area contributed by atoms with Crippen LogP contribution in [0, 0.1) is 22.7 Å². The van der Waals surface area contributed by atoms with Gasteiger partial charge in [0.25, 0.3) is 0 Å². The second-order valence-electron chi connectivity index (χ2n) is 6.01. The maximum atomic E-state index is 12.3. The lowest BCUT2D eigenvalue weighted by molar-refractivity contribution is -0.148. The molecule has 0 bridgehead atoms. The first-order chi connectivity index (χ1) is 12.9. The van der Waals surface area contributed by atoms with E-state index in [1.165, 1.54) is 6.92 Å². The van der Waals surface area contributed by atoms with Gasteiger partial charge in [0.1, 0.15) is 5.92 Å². The molecule has 1 aromatic carbocycles. The van der Waals surface area contributed by atoms with E-state index in [0.29, 0.717) is 30.3 Å². The summed E-state index contributed by atoms with van der Waals surface area (Å²) in [5.74, 6) is -1.79. The summed E-state index contributed by atoms with van der Waals surface area (Å²) in [6.45, 7) is 1.80. The predicted octanol–water partition coefficient (Wildman–Crippen LogP) is 2.10. The van der Waals surface area contributed by atoms with Crippen molar-refractivity contribution in [3.05, 3.63) is 23.8 Å². The van der Waals surface area contributed by atoms with Gasteiger partial charge in [0.2, 0.25) is 0 Å². The molecule has 1 unspecified atom stereocenters. The van der Waals surface area contributed by atoms with E-state index in [4.69, 9.17) is 24.9 Å². The Bertz CT molecular complexity index is 796. The first-order valence-corrected chi connectivity index (χ1v) is 8.48. The highest BCUT2D eigenvalue weighted by Gasteiger charge is 2.22. The summed E-state index contributed by atoms with van der Waals surface area (Å²) in [5, 5.41) is 16.2. The molecule has 0 aliphatic carbocycles. The Morgan fingerprint density at radius 3 is 2.59 bits per heavy atom. The SMILES string of the molecule is CC(=N)C(C#N)C(=O)COC(=O)CCC(=O)c1ccc2c(c1)OCCCO2. The van der Waals surface area contributed by atoms with Gasteiger partial charge in [-0.1, -0.05) is 0 Å². The number of carbonyl (C=O) groups excluding carboxylic acids is 3. The normalized spacial score (nSPS) is 13.6. The van der Waals surface area contributed by atoms with Crippen LogP contribution in [0.15, 0.2) is 18.2 Å². The lowest BCUT2D eigenvalue weighted by Gasteiger charge is -2.09. The first-order valence-electron chi connectivity index (χ1n) is 8.48. The van der Waals surface area contributed by atoms with Crippen molar-refractivity contribution in [1.82, 2.24) is 0 Å². The van der Waals surface area contributed by atoms with Crippen molar-refractivity contribution in [3.8, 4) is 17.6 Å². The predicted molar refractivity (Wildman–Crippen MR) is 94.1 cm³/mol. The molecule has 1 aliphatic heterocycles. The minimum atomic E-state index is -1.22. The van der Waals surface area contributed by atoms with Crippen LogP contribution in [-0.4, -0.2) is 43.1 Å². The molecular formula is C19H20N2O6. The van der Waals surface area contributed by atoms with Gasteiger partial charge in [0.15, 0.2) is 29.7 Å². The number of carbonyl (C=O) groups is 3. The molecule has 0 amide bonds. The van der Waals surface area contributed by atoms with Gasteiger partial charge in [-0.2, -0.15) is 5.26 Å². The highest BCUT2D eigenvalue weighted by Crippen LogP contribution is 2.30. The Hall–Kier alpha value is -3.21. The zero-order valence-electron chi connectivity index (χ0n) is 14.9. The Morgan fingerprint density at radius 2 is 1.93 bits per heavy atom. The molecule has 1 aliphatic rings. The molecule has 1 aromatic rings. The van der Waals surface area contributed by atoms with Crippen molar-refractivity contribution < 1.29 is 28.6 Å². The third-order valence-corrected chi connectivity index (χ3v) is 3.89. The second kappa shape index (κ2) is 9.48. The van der Waals surface area contributed by atoms with Crippen LogP contribution in [0.1, 0.15) is 36.5 Å². The zero-order chi connectivity index (χ0) is 19.8. The van der Waals surface area contributed by atoms with Crippen LogP contribution in [0.5, 0.6) is 11.5 Å². The molecule has 0 spiro atoms. The molecule has 1 N–H and O–H groups in total. The molecular weight excluding hydrogens is 352 g/mol. The number of fused-ring (bicyclic) bond motifs is 1. The zero-order valence-corrected chi connectivity index (χ0v) is 14.9. The highest BCUT2D eigenvalue weighted by molar-refractivity contribution is 6.06. The average Bonchev–Trinajstić information content (AvgIpc) is 2.89. The van der Waals surface area contributed by atoms with Gasteiger partial charge in [-0.25, -0.2) is 0 Å². The number of esters is 1. The topological polar surface area (TPSA) is 127 Å². The molecule has 8 nitrogen and oxygen atoms in total. The van der Waals surface area contributed by atoms with Crippen LogP contribution in [0.25, 0.3) is 0 Å². The molecule has 1 atom stereocenters. The number of ether oxygens (including phenoxy) is 3. The Morgan fingerprint density at radius 1 is 1.22 bits per heavy atom. The van der Waals surface area contributed by atoms with E-state index in [2.05, 4.69) is 0 Å². The van der Waals surface area contributed by atoms with Crippen LogP contribution in [-0.2, 0) is 14.3 Å². The molecule has 8 heteroatoms. The second-order valence-corrected chi connectivity index (χ2v) is 6.01. The van der Waals surface area contributed by atoms with Gasteiger partial charge < -0.3 is 19.6 Å². The van der Waals surface area contributed by atoms with Gasteiger partial charge in [0.05, 0.1) is 25.7 Å². The summed E-state index contributed by atoms with van der Waals surface area (Å²) in [6, 6.07) is 6.54. The third kappa shape index (κ3) is 5.64. The third-order valence-electron chi connectivity index (χ3n) is 3.89. The van der Waals surface area contributed by atoms with E-state index >= 15 is 0 Å². The number of rotatable bonds is 8. The summed E-state index contributed by atoms with van der Waals surface area (Å²) < 4.78 is 15.8. The van der Waals surface area contributed by atoms with Gasteiger partial charge in [-0.15, -0.1) is 0 Å². The summed E-state index contributed by atoms with van der Waals surface area (Å²) in [5.41, 5.74) is 0.287. The van der Waals surface area contributed by atoms with E-state index < -0.39 is 24.3 Å². The number of hydrogen-bond acceptors (Lipinski definition) is 8. The Kier molecular flexibility index (Phi) is 7.06. The van der Waals surface area contributed by atoms with Crippen molar-refractivity contribution in [2.45, 2.75) is 26.2 Å². The number of benzene rings is 1.